The Labute approximate surface area is 179 Å². The fraction of sp³-hybridized carbons (Fsp3) is 1.00. The Morgan fingerprint density at radius 2 is 1.00 bits per heavy atom. The first-order valence-corrected chi connectivity index (χ1v) is 7.28. The lowest BCUT2D eigenvalue weighted by molar-refractivity contribution is -0.391. The SMILES string of the molecule is C.C.C.C.C.C.CC(F)(F)C(C)(F)OC(F)(F)CC(F)(F)F.CS(=O)(=O)F.FCOF. The third kappa shape index (κ3) is 48.0. The summed E-state index contributed by atoms with van der Waals surface area (Å²) < 4.78 is 149. The van der Waals surface area contributed by atoms with Crippen molar-refractivity contribution >= 4 is 10.2 Å². The molecule has 1 unspecified atom stereocenters. The average Bonchev–Trinajstić information content (AvgIpc) is 2.20. The van der Waals surface area contributed by atoms with Crippen molar-refractivity contribution in [2.24, 2.45) is 0 Å². The van der Waals surface area contributed by atoms with Crippen LogP contribution in [0.25, 0.3) is 0 Å². The lowest BCUT2D eigenvalue weighted by Gasteiger charge is -2.31. The molecule has 204 valence electrons. The van der Waals surface area contributed by atoms with Gasteiger partial charge in [0, 0.05) is 13.8 Å². The lowest BCUT2D eigenvalue weighted by Crippen LogP contribution is -2.47. The van der Waals surface area contributed by atoms with E-state index in [4.69, 9.17) is 8.42 Å². The molecule has 0 aromatic heterocycles. The van der Waals surface area contributed by atoms with Crippen molar-refractivity contribution in [2.45, 2.75) is 88.9 Å². The number of rotatable bonds is 5. The zero-order valence-corrected chi connectivity index (χ0v) is 13.4. The molecule has 0 aliphatic heterocycles. The third-order valence-corrected chi connectivity index (χ3v) is 1.57. The van der Waals surface area contributed by atoms with Gasteiger partial charge in [-0.15, -0.1) is 3.89 Å². The molecule has 0 rings (SSSR count). The van der Waals surface area contributed by atoms with E-state index in [1.165, 1.54) is 0 Å². The van der Waals surface area contributed by atoms with Crippen molar-refractivity contribution in [3.8, 4) is 0 Å². The normalized spacial score (nSPS) is 12.3. The van der Waals surface area contributed by atoms with Crippen LogP contribution in [0.2, 0.25) is 0 Å². The summed E-state index contributed by atoms with van der Waals surface area (Å²) in [7, 11) is -4.17. The molecule has 1 atom stereocenters. The van der Waals surface area contributed by atoms with Crippen molar-refractivity contribution in [1.82, 2.24) is 0 Å². The van der Waals surface area contributed by atoms with Crippen molar-refractivity contribution in [3.05, 3.63) is 0 Å². The van der Waals surface area contributed by atoms with Crippen molar-refractivity contribution in [3.63, 3.8) is 0 Å². The van der Waals surface area contributed by atoms with E-state index in [2.05, 4.69) is 9.68 Å². The van der Waals surface area contributed by atoms with Crippen molar-refractivity contribution in [2.75, 3.05) is 13.1 Å². The zero-order chi connectivity index (χ0) is 21.3. The predicted octanol–water partition coefficient (Wildman–Crippen LogP) is 8.44. The van der Waals surface area contributed by atoms with Crippen LogP contribution in [0.5, 0.6) is 0 Å². The van der Waals surface area contributed by atoms with E-state index >= 15 is 0 Å². The van der Waals surface area contributed by atoms with Gasteiger partial charge in [0.1, 0.15) is 6.42 Å². The van der Waals surface area contributed by atoms with Gasteiger partial charge in [0.15, 0.2) is 0 Å². The molecule has 0 fully saturated rings. The monoisotopic (exact) mass is 522 g/mol. The van der Waals surface area contributed by atoms with E-state index in [1.807, 2.05) is 0 Å². The van der Waals surface area contributed by atoms with E-state index in [9.17, 15) is 47.9 Å². The van der Waals surface area contributed by atoms with E-state index in [0.717, 1.165) is 0 Å². The van der Waals surface area contributed by atoms with Crippen LogP contribution in [0.3, 0.4) is 0 Å². The van der Waals surface area contributed by atoms with Gasteiger partial charge in [-0.05, 0) is 4.53 Å². The van der Waals surface area contributed by atoms with Gasteiger partial charge < -0.3 is 0 Å². The molecule has 31 heavy (non-hydrogen) atoms. The number of alkyl halides is 9. The molecule has 0 aromatic carbocycles. The minimum atomic E-state index is -5.36. The summed E-state index contributed by atoms with van der Waals surface area (Å²) in [5.41, 5.74) is 0. The smallest absolute Gasteiger partial charge is 0.277 e. The Kier molecular flexibility index (Phi) is 38.7. The summed E-state index contributed by atoms with van der Waals surface area (Å²) in [6.07, 6.45) is -12.8. The summed E-state index contributed by atoms with van der Waals surface area (Å²) in [5, 5.41) is 0. The first kappa shape index (κ1) is 57.3. The fourth-order valence-corrected chi connectivity index (χ4v) is 0.639. The maximum absolute atomic E-state index is 12.8. The molecule has 0 N–H and O–H groups in total. The van der Waals surface area contributed by atoms with Gasteiger partial charge in [0.05, 0.1) is 6.26 Å². The highest BCUT2D eigenvalue weighted by Gasteiger charge is 2.56. The molecule has 0 saturated carbocycles. The van der Waals surface area contributed by atoms with E-state index in [-0.39, 0.29) is 58.4 Å². The Morgan fingerprint density at radius 1 is 0.774 bits per heavy atom. The minimum absolute atomic E-state index is 0. The number of hydrogen-bond donors (Lipinski definition) is 0. The topological polar surface area (TPSA) is 52.6 Å². The van der Waals surface area contributed by atoms with Crippen LogP contribution in [-0.2, 0) is 19.9 Å². The van der Waals surface area contributed by atoms with Gasteiger partial charge in [-0.1, -0.05) is 44.6 Å². The molecule has 0 spiro atoms. The highest BCUT2D eigenvalue weighted by atomic mass is 32.3. The summed E-state index contributed by atoms with van der Waals surface area (Å²) in [4.78, 5) is 2.38. The highest BCUT2D eigenvalue weighted by molar-refractivity contribution is 7.85. The van der Waals surface area contributed by atoms with Crippen molar-refractivity contribution < 1.29 is 66.0 Å². The highest BCUT2D eigenvalue weighted by Crippen LogP contribution is 2.41. The molecule has 0 aliphatic carbocycles. The standard InChI is InChI=1S/C7H8F8O.CH2F2O.CH3FO2S.6CH4/c1-4(8,9)5(2,10)16-7(14,15)3-6(11,12)13;2-1-4-3;1-5(2,3)4;;;;;;/h3H2,1-2H3;1H2;1H3;6*1H4. The second kappa shape index (κ2) is 21.0. The van der Waals surface area contributed by atoms with E-state index in [0.29, 0.717) is 6.26 Å². The van der Waals surface area contributed by atoms with Gasteiger partial charge in [0.25, 0.3) is 16.1 Å². The zero-order valence-electron chi connectivity index (χ0n) is 12.6. The molecule has 0 bridgehead atoms. The van der Waals surface area contributed by atoms with Crippen LogP contribution in [0.1, 0.15) is 64.8 Å². The molecule has 0 aromatic rings. The number of halogens is 11. The number of ether oxygens (including phenoxy) is 1. The molecule has 4 nitrogen and oxygen atoms in total. The van der Waals surface area contributed by atoms with Crippen LogP contribution >= 0.6 is 0 Å². The van der Waals surface area contributed by atoms with Crippen LogP contribution in [-0.4, -0.2) is 45.6 Å². The summed E-state index contributed by atoms with van der Waals surface area (Å²) in [6.45, 7) is -1.51. The Bertz CT molecular complexity index is 453. The largest absolute Gasteiger partial charge is 0.397 e. The summed E-state index contributed by atoms with van der Waals surface area (Å²) in [5.74, 6) is -8.55. The lowest BCUT2D eigenvalue weighted by atomic mass is 10.2. The molecule has 0 radical (unpaired) electrons. The first-order chi connectivity index (χ1) is 10.6. The quantitative estimate of drug-likeness (QED) is 0.269. The molecule has 0 aliphatic rings. The molecule has 16 heteroatoms. The molecule has 0 saturated heterocycles. The second-order valence-corrected chi connectivity index (χ2v) is 5.60. The van der Waals surface area contributed by atoms with Crippen LogP contribution in [0.15, 0.2) is 0 Å². The van der Waals surface area contributed by atoms with Gasteiger partial charge in [-0.25, -0.2) is 17.6 Å². The van der Waals surface area contributed by atoms with Crippen LogP contribution in [0, 0.1) is 0 Å². The van der Waals surface area contributed by atoms with E-state index < -0.39 is 47.6 Å². The van der Waals surface area contributed by atoms with Crippen LogP contribution < -0.4 is 0 Å². The maximum atomic E-state index is 12.8. The second-order valence-electron chi connectivity index (χ2n) is 4.24. The molecular formula is C15H37F11O4S. The molecular weight excluding hydrogens is 485 g/mol. The van der Waals surface area contributed by atoms with E-state index in [1.54, 1.807) is 0 Å². The summed E-state index contributed by atoms with van der Waals surface area (Å²) >= 11 is 0. The van der Waals surface area contributed by atoms with Gasteiger partial charge in [-0.2, -0.15) is 35.3 Å². The van der Waals surface area contributed by atoms with Gasteiger partial charge in [-0.3, -0.25) is 4.74 Å². The Balaban J connectivity index is -0.0000000398. The molecule has 0 amide bonds. The predicted molar refractivity (Wildman–Crippen MR) is 101 cm³/mol. The fourth-order valence-electron chi connectivity index (χ4n) is 0.639. The Hall–Kier alpha value is -0.900. The molecule has 0 heterocycles. The third-order valence-electron chi connectivity index (χ3n) is 1.57. The van der Waals surface area contributed by atoms with Crippen LogP contribution in [0.4, 0.5) is 47.9 Å². The first-order valence-electron chi connectivity index (χ1n) is 5.48. The maximum Gasteiger partial charge on any atom is 0.397 e. The van der Waals surface area contributed by atoms with Gasteiger partial charge >= 0.3 is 18.2 Å². The summed E-state index contributed by atoms with van der Waals surface area (Å²) in [6, 6.07) is 0. The Morgan fingerprint density at radius 3 is 1.13 bits per heavy atom. The number of hydrogen-bond acceptors (Lipinski definition) is 4. The minimum Gasteiger partial charge on any atom is -0.277 e. The average molecular weight is 523 g/mol. The van der Waals surface area contributed by atoms with Crippen molar-refractivity contribution in [1.29, 1.82) is 0 Å². The van der Waals surface area contributed by atoms with Gasteiger partial charge in [0.2, 0.25) is 6.86 Å².